The van der Waals surface area contributed by atoms with E-state index in [-0.39, 0.29) is 24.5 Å². The molecular formula is C14H17LiO. The van der Waals surface area contributed by atoms with Crippen LogP contribution < -0.4 is 18.9 Å². The van der Waals surface area contributed by atoms with Gasteiger partial charge in [0.25, 0.3) is 0 Å². The molecule has 0 aliphatic heterocycles. The van der Waals surface area contributed by atoms with Crippen molar-refractivity contribution in [1.82, 2.24) is 0 Å². The van der Waals surface area contributed by atoms with E-state index >= 15 is 0 Å². The molecule has 0 saturated heterocycles. The first kappa shape index (κ1) is 12.2. The summed E-state index contributed by atoms with van der Waals surface area (Å²) < 4.78 is 5.81. The minimum absolute atomic E-state index is 0. The van der Waals surface area contributed by atoms with Crippen LogP contribution in [0.1, 0.15) is 43.7 Å². The molecule has 0 unspecified atom stereocenters. The molecule has 3 aliphatic carbocycles. The topological polar surface area (TPSA) is 9.23 Å². The standard InChI is InChI=1S/C14H17O.Li/c1-13-7-9-14(15-2,10-8-13)12-6-4-3-5-11(12)13;/h3-5H,7-10H2,1-2H3;/q-1;+1. The Morgan fingerprint density at radius 3 is 2.56 bits per heavy atom. The molecule has 0 heterocycles. The fourth-order valence-corrected chi connectivity index (χ4v) is 3.35. The van der Waals surface area contributed by atoms with Crippen molar-refractivity contribution in [2.75, 3.05) is 7.11 Å². The summed E-state index contributed by atoms with van der Waals surface area (Å²) in [7, 11) is 1.85. The Kier molecular flexibility index (Phi) is 2.99. The summed E-state index contributed by atoms with van der Waals surface area (Å²) in [6.07, 6.45) is 4.83. The molecule has 0 spiro atoms. The van der Waals surface area contributed by atoms with Gasteiger partial charge in [-0.3, -0.25) is 0 Å². The van der Waals surface area contributed by atoms with E-state index in [4.69, 9.17) is 4.74 Å². The van der Waals surface area contributed by atoms with Crippen LogP contribution in [0.3, 0.4) is 0 Å². The summed E-state index contributed by atoms with van der Waals surface area (Å²) >= 11 is 0. The molecule has 2 heteroatoms. The minimum atomic E-state index is -0.0195. The first-order valence-corrected chi connectivity index (χ1v) is 5.77. The van der Waals surface area contributed by atoms with Crippen molar-refractivity contribution in [2.24, 2.45) is 0 Å². The number of methoxy groups -OCH3 is 1. The molecule has 2 bridgehead atoms. The second-order valence-electron chi connectivity index (χ2n) is 5.22. The molecule has 0 radical (unpaired) electrons. The first-order valence-electron chi connectivity index (χ1n) is 5.77. The zero-order valence-corrected chi connectivity index (χ0v) is 10.5. The van der Waals surface area contributed by atoms with Gasteiger partial charge in [0.15, 0.2) is 0 Å². The Bertz CT molecular complexity index is 391. The molecule has 0 aromatic heterocycles. The van der Waals surface area contributed by atoms with E-state index in [0.717, 1.165) is 12.8 Å². The van der Waals surface area contributed by atoms with Gasteiger partial charge in [0.05, 0.1) is 5.60 Å². The van der Waals surface area contributed by atoms with Gasteiger partial charge in [-0.15, -0.1) is 11.1 Å². The van der Waals surface area contributed by atoms with E-state index < -0.39 is 0 Å². The summed E-state index contributed by atoms with van der Waals surface area (Å²) in [6, 6.07) is 9.80. The summed E-state index contributed by atoms with van der Waals surface area (Å²) in [5, 5.41) is 0. The van der Waals surface area contributed by atoms with Gasteiger partial charge in [-0.1, -0.05) is 25.2 Å². The molecule has 1 fully saturated rings. The molecule has 0 N–H and O–H groups in total. The first-order chi connectivity index (χ1) is 7.20. The zero-order chi connectivity index (χ0) is 10.5. The number of ether oxygens (including phenoxy) is 1. The Labute approximate surface area is 110 Å². The Morgan fingerprint density at radius 2 is 1.94 bits per heavy atom. The van der Waals surface area contributed by atoms with Crippen molar-refractivity contribution in [2.45, 2.75) is 43.6 Å². The Hall–Kier alpha value is -0.223. The SMILES string of the molecule is COC12CCC(C)(CC1)c1ccc[c-]c12.[Li+]. The van der Waals surface area contributed by atoms with Crippen LogP contribution in [0.5, 0.6) is 0 Å². The van der Waals surface area contributed by atoms with Crippen molar-refractivity contribution in [3.8, 4) is 0 Å². The van der Waals surface area contributed by atoms with E-state index in [1.54, 1.807) is 0 Å². The van der Waals surface area contributed by atoms with Gasteiger partial charge >= 0.3 is 18.9 Å². The summed E-state index contributed by atoms with van der Waals surface area (Å²) in [4.78, 5) is 0. The zero-order valence-electron chi connectivity index (χ0n) is 10.5. The third-order valence-electron chi connectivity index (χ3n) is 4.51. The van der Waals surface area contributed by atoms with Gasteiger partial charge in [0.2, 0.25) is 0 Å². The summed E-state index contributed by atoms with van der Waals surface area (Å²) in [5.41, 5.74) is 3.17. The number of hydrogen-bond acceptors (Lipinski definition) is 1. The van der Waals surface area contributed by atoms with E-state index in [1.165, 1.54) is 24.0 Å². The van der Waals surface area contributed by atoms with E-state index in [2.05, 4.69) is 25.1 Å². The fourth-order valence-electron chi connectivity index (χ4n) is 3.35. The van der Waals surface area contributed by atoms with Gasteiger partial charge < -0.3 is 4.74 Å². The maximum Gasteiger partial charge on any atom is 1.00 e. The van der Waals surface area contributed by atoms with E-state index in [1.807, 2.05) is 13.2 Å². The Morgan fingerprint density at radius 1 is 1.25 bits per heavy atom. The molecule has 1 nitrogen and oxygen atoms in total. The molecule has 1 aromatic carbocycles. The average molecular weight is 208 g/mol. The molecule has 3 aliphatic rings. The van der Waals surface area contributed by atoms with E-state index in [9.17, 15) is 0 Å². The van der Waals surface area contributed by atoms with Crippen LogP contribution in [-0.2, 0) is 15.8 Å². The predicted octanol–water partition coefficient (Wildman–Crippen LogP) is 0.178. The monoisotopic (exact) mass is 208 g/mol. The normalized spacial score (nSPS) is 35.4. The number of hydrogen-bond donors (Lipinski definition) is 0. The van der Waals surface area contributed by atoms with Crippen LogP contribution in [0.25, 0.3) is 0 Å². The van der Waals surface area contributed by atoms with Crippen LogP contribution in [0.2, 0.25) is 0 Å². The molecule has 4 rings (SSSR count). The second-order valence-corrected chi connectivity index (χ2v) is 5.22. The molecule has 16 heavy (non-hydrogen) atoms. The molecule has 1 saturated carbocycles. The number of fused-ring (bicyclic) bond motifs is 2. The van der Waals surface area contributed by atoms with Crippen molar-refractivity contribution < 1.29 is 23.6 Å². The molecule has 0 atom stereocenters. The molecule has 1 aromatic rings. The van der Waals surface area contributed by atoms with Crippen molar-refractivity contribution in [3.05, 3.63) is 35.4 Å². The molecular weight excluding hydrogens is 191 g/mol. The van der Waals surface area contributed by atoms with Crippen LogP contribution in [0.15, 0.2) is 18.2 Å². The summed E-state index contributed by atoms with van der Waals surface area (Å²) in [6.45, 7) is 2.39. The van der Waals surface area contributed by atoms with Gasteiger partial charge in [-0.2, -0.15) is 24.3 Å². The van der Waals surface area contributed by atoms with Gasteiger partial charge in [0.1, 0.15) is 0 Å². The van der Waals surface area contributed by atoms with Crippen LogP contribution >= 0.6 is 0 Å². The maximum atomic E-state index is 5.81. The van der Waals surface area contributed by atoms with Crippen LogP contribution in [-0.4, -0.2) is 7.11 Å². The third-order valence-corrected chi connectivity index (χ3v) is 4.51. The number of rotatable bonds is 1. The third kappa shape index (κ3) is 1.42. The smallest absolute Gasteiger partial charge is 0.376 e. The summed E-state index contributed by atoms with van der Waals surface area (Å²) in [5.74, 6) is 0. The van der Waals surface area contributed by atoms with E-state index in [0.29, 0.717) is 5.41 Å². The second kappa shape index (κ2) is 3.91. The quantitative estimate of drug-likeness (QED) is 0.472. The van der Waals surface area contributed by atoms with Gasteiger partial charge in [-0.05, 0) is 12.8 Å². The largest absolute Gasteiger partial charge is 1.00 e. The predicted molar refractivity (Wildman–Crippen MR) is 59.8 cm³/mol. The minimum Gasteiger partial charge on any atom is -0.376 e. The maximum absolute atomic E-state index is 5.81. The van der Waals surface area contributed by atoms with Crippen LogP contribution in [0, 0.1) is 6.07 Å². The van der Waals surface area contributed by atoms with Crippen molar-refractivity contribution in [1.29, 1.82) is 0 Å². The van der Waals surface area contributed by atoms with Crippen molar-refractivity contribution in [3.63, 3.8) is 0 Å². The van der Waals surface area contributed by atoms with Gasteiger partial charge in [-0.25, -0.2) is 0 Å². The Balaban J connectivity index is 0.000000963. The fraction of sp³-hybridized carbons (Fsp3) is 0.571. The number of benzene rings is 1. The van der Waals surface area contributed by atoms with Gasteiger partial charge in [0, 0.05) is 7.11 Å². The molecule has 80 valence electrons. The van der Waals surface area contributed by atoms with Crippen LogP contribution in [0.4, 0.5) is 0 Å². The molecule has 0 amide bonds. The average Bonchev–Trinajstić information content (AvgIpc) is 2.31. The van der Waals surface area contributed by atoms with Crippen molar-refractivity contribution >= 4 is 0 Å².